The highest BCUT2D eigenvalue weighted by Gasteiger charge is 2.22. The number of fused-ring (bicyclic) bond motifs is 1. The molecule has 0 fully saturated rings. The highest BCUT2D eigenvalue weighted by Crippen LogP contribution is 2.37. The Labute approximate surface area is 219 Å². The molecule has 0 saturated carbocycles. The molecule has 2 N–H and O–H groups in total. The molecule has 0 aliphatic rings. The summed E-state index contributed by atoms with van der Waals surface area (Å²) in [5.41, 5.74) is -0.444. The zero-order valence-corrected chi connectivity index (χ0v) is 21.4. The molecule has 13 heteroatoms. The van der Waals surface area contributed by atoms with Gasteiger partial charge in [0.25, 0.3) is 0 Å². The summed E-state index contributed by atoms with van der Waals surface area (Å²) in [6.45, 7) is 2.40. The number of Topliss-reactive ketones (excluding diaryl/α,β-unsaturated/α-hetero) is 1. The van der Waals surface area contributed by atoms with Crippen LogP contribution in [-0.4, -0.2) is 50.7 Å². The number of carbonyl (C=O) groups is 1. The molecule has 0 atom stereocenters. The molecule has 0 aliphatic carbocycles. The van der Waals surface area contributed by atoms with Gasteiger partial charge in [-0.05, 0) is 19.1 Å². The van der Waals surface area contributed by atoms with Gasteiger partial charge in [0.1, 0.15) is 29.4 Å². The van der Waals surface area contributed by atoms with Gasteiger partial charge >= 0.3 is 5.69 Å². The summed E-state index contributed by atoms with van der Waals surface area (Å²) in [6, 6.07) is 4.96. The van der Waals surface area contributed by atoms with Gasteiger partial charge in [0.2, 0.25) is 0 Å². The van der Waals surface area contributed by atoms with Crippen molar-refractivity contribution in [2.24, 2.45) is 0 Å². The minimum atomic E-state index is -1.14. The van der Waals surface area contributed by atoms with E-state index >= 15 is 0 Å². The van der Waals surface area contributed by atoms with E-state index in [9.17, 15) is 18.4 Å². The smallest absolute Gasteiger partial charge is 0.332 e. The number of ether oxygens (including phenoxy) is 3. The van der Waals surface area contributed by atoms with Crippen molar-refractivity contribution < 1.29 is 32.9 Å². The van der Waals surface area contributed by atoms with E-state index in [0.29, 0.717) is 6.42 Å². The molecule has 0 amide bonds. The number of benzene rings is 2. The number of hydrogen-bond acceptors (Lipinski definition) is 8. The van der Waals surface area contributed by atoms with E-state index in [-0.39, 0.29) is 75.2 Å². The number of aryl methyl sites for hydroxylation is 1. The van der Waals surface area contributed by atoms with Crippen molar-refractivity contribution in [2.75, 3.05) is 20.3 Å². The Balaban J connectivity index is 1.85. The van der Waals surface area contributed by atoms with Gasteiger partial charge in [0.05, 0.1) is 30.0 Å². The van der Waals surface area contributed by atoms with Crippen LogP contribution >= 0.6 is 11.6 Å². The third-order valence-electron chi connectivity index (χ3n) is 5.54. The monoisotopic (exact) mass is 548 g/mol. The van der Waals surface area contributed by atoms with E-state index < -0.39 is 23.9 Å². The molecule has 0 aliphatic heterocycles. The van der Waals surface area contributed by atoms with Gasteiger partial charge in [-0.25, -0.2) is 28.1 Å². The van der Waals surface area contributed by atoms with Crippen LogP contribution < -0.4 is 19.9 Å². The van der Waals surface area contributed by atoms with Crippen molar-refractivity contribution in [2.45, 2.75) is 26.9 Å². The Bertz CT molecular complexity index is 1590. The van der Waals surface area contributed by atoms with E-state index in [0.717, 1.165) is 10.6 Å². The van der Waals surface area contributed by atoms with Crippen LogP contribution in [0, 0.1) is 18.6 Å². The van der Waals surface area contributed by atoms with Crippen LogP contribution in [0.25, 0.3) is 16.9 Å². The van der Waals surface area contributed by atoms with Crippen LogP contribution in [-0.2, 0) is 6.61 Å². The first-order valence-electron chi connectivity index (χ1n) is 11.4. The number of aliphatic hydroxyl groups is 1. The molecule has 2 aromatic heterocycles. The predicted octanol–water partition coefficient (Wildman–Crippen LogP) is 3.90. The Morgan fingerprint density at radius 3 is 2.58 bits per heavy atom. The fourth-order valence-electron chi connectivity index (χ4n) is 3.79. The van der Waals surface area contributed by atoms with Crippen molar-refractivity contribution in [3.05, 3.63) is 68.5 Å². The van der Waals surface area contributed by atoms with Crippen LogP contribution in [0.5, 0.6) is 17.2 Å². The van der Waals surface area contributed by atoms with Crippen LogP contribution in [0.15, 0.2) is 29.1 Å². The van der Waals surface area contributed by atoms with Gasteiger partial charge in [-0.1, -0.05) is 11.6 Å². The quantitative estimate of drug-likeness (QED) is 0.225. The molecule has 38 heavy (non-hydrogen) atoms. The second-order valence-corrected chi connectivity index (χ2v) is 8.55. The highest BCUT2D eigenvalue weighted by atomic mass is 35.5. The lowest BCUT2D eigenvalue weighted by atomic mass is 10.2. The predicted molar refractivity (Wildman–Crippen MR) is 134 cm³/mol. The number of nitrogens with zero attached hydrogens (tertiary/aromatic N) is 3. The summed E-state index contributed by atoms with van der Waals surface area (Å²) >= 11 is 6.53. The summed E-state index contributed by atoms with van der Waals surface area (Å²) in [5, 5.41) is 9.18. The van der Waals surface area contributed by atoms with E-state index in [4.69, 9.17) is 30.9 Å². The molecule has 0 spiro atoms. The minimum absolute atomic E-state index is 0.0341. The number of ketones is 1. The zero-order valence-electron chi connectivity index (χ0n) is 20.6. The summed E-state index contributed by atoms with van der Waals surface area (Å²) in [6.07, 6.45) is 0.303. The van der Waals surface area contributed by atoms with E-state index in [1.807, 2.05) is 0 Å². The normalized spacial score (nSPS) is 11.1. The molecule has 0 radical (unpaired) electrons. The van der Waals surface area contributed by atoms with Crippen LogP contribution in [0.3, 0.4) is 0 Å². The Morgan fingerprint density at radius 2 is 1.89 bits per heavy atom. The second-order valence-electron chi connectivity index (χ2n) is 8.15. The molecule has 2 heterocycles. The van der Waals surface area contributed by atoms with Crippen LogP contribution in [0.4, 0.5) is 8.78 Å². The SMILES string of the molecule is COc1ccc(F)c(F)c1COc1cc(-n2c(=O)[nH]c3c(C(C)=O)nc(C)nc32)c(Cl)cc1OCCCO. The summed E-state index contributed by atoms with van der Waals surface area (Å²) in [4.78, 5) is 36.1. The number of carbonyl (C=O) groups excluding carboxylic acids is 1. The standard InChI is InChI=1S/C25H23ClF2N4O6/c1-12(34)22-23-24(30-13(2)29-22)32(25(35)31-23)17-10-20(19(9-15(17)26)37-8-4-7-33)38-11-14-18(36-3)6-5-16(27)21(14)28/h5-6,9-10,33H,4,7-8,11H2,1-3H3,(H,31,35). The second kappa shape index (κ2) is 11.2. The van der Waals surface area contributed by atoms with E-state index in [1.54, 1.807) is 6.92 Å². The fourth-order valence-corrected chi connectivity index (χ4v) is 4.03. The van der Waals surface area contributed by atoms with Crippen molar-refractivity contribution in [3.8, 4) is 22.9 Å². The number of rotatable bonds is 10. The largest absolute Gasteiger partial charge is 0.496 e. The number of nitrogens with one attached hydrogen (secondary N) is 1. The number of aliphatic hydroxyl groups excluding tert-OH is 1. The minimum Gasteiger partial charge on any atom is -0.496 e. The number of hydrogen-bond donors (Lipinski definition) is 2. The molecule has 0 bridgehead atoms. The lowest BCUT2D eigenvalue weighted by Crippen LogP contribution is -2.16. The molecule has 10 nitrogen and oxygen atoms in total. The lowest BCUT2D eigenvalue weighted by Gasteiger charge is -2.17. The number of aromatic amines is 1. The first kappa shape index (κ1) is 27.0. The van der Waals surface area contributed by atoms with Gasteiger partial charge in [0, 0.05) is 32.1 Å². The van der Waals surface area contributed by atoms with Crippen molar-refractivity contribution in [1.29, 1.82) is 0 Å². The topological polar surface area (TPSA) is 129 Å². The summed E-state index contributed by atoms with van der Waals surface area (Å²) < 4.78 is 46.2. The van der Waals surface area contributed by atoms with Crippen molar-refractivity contribution in [1.82, 2.24) is 19.5 Å². The van der Waals surface area contributed by atoms with E-state index in [2.05, 4.69) is 15.0 Å². The van der Waals surface area contributed by atoms with Gasteiger partial charge in [-0.2, -0.15) is 0 Å². The first-order chi connectivity index (χ1) is 18.2. The number of aromatic nitrogens is 4. The third kappa shape index (κ3) is 5.18. The molecular weight excluding hydrogens is 526 g/mol. The third-order valence-corrected chi connectivity index (χ3v) is 5.84. The zero-order chi connectivity index (χ0) is 27.6. The molecular formula is C25H23ClF2N4O6. The first-order valence-corrected chi connectivity index (χ1v) is 11.8. The summed E-state index contributed by atoms with van der Waals surface area (Å²) in [7, 11) is 1.31. The number of H-pyrrole nitrogens is 1. The van der Waals surface area contributed by atoms with Gasteiger partial charge in [-0.15, -0.1) is 0 Å². The lowest BCUT2D eigenvalue weighted by molar-refractivity contribution is 0.101. The Kier molecular flexibility index (Phi) is 7.93. The Hall–Kier alpha value is -4.03. The van der Waals surface area contributed by atoms with E-state index in [1.165, 1.54) is 32.2 Å². The van der Waals surface area contributed by atoms with Gasteiger partial charge < -0.3 is 24.3 Å². The number of imidazole rings is 1. The average Bonchev–Trinajstić information content (AvgIpc) is 3.20. The van der Waals surface area contributed by atoms with Gasteiger partial charge in [0.15, 0.2) is 34.6 Å². The van der Waals surface area contributed by atoms with Gasteiger partial charge in [-0.3, -0.25) is 4.79 Å². The summed E-state index contributed by atoms with van der Waals surface area (Å²) in [5.74, 6) is -2.11. The maximum atomic E-state index is 14.5. The van der Waals surface area contributed by atoms with Crippen molar-refractivity contribution >= 4 is 28.5 Å². The molecule has 0 saturated heterocycles. The number of methoxy groups -OCH3 is 1. The highest BCUT2D eigenvalue weighted by molar-refractivity contribution is 6.32. The molecule has 4 aromatic rings. The molecule has 200 valence electrons. The average molecular weight is 549 g/mol. The number of halogens is 3. The Morgan fingerprint density at radius 1 is 1.16 bits per heavy atom. The molecule has 4 rings (SSSR count). The van der Waals surface area contributed by atoms with Crippen molar-refractivity contribution in [3.63, 3.8) is 0 Å². The van der Waals surface area contributed by atoms with Crippen LogP contribution in [0.2, 0.25) is 5.02 Å². The molecule has 0 unspecified atom stereocenters. The maximum Gasteiger partial charge on any atom is 0.332 e. The van der Waals surface area contributed by atoms with Crippen LogP contribution in [0.1, 0.15) is 35.2 Å². The maximum absolute atomic E-state index is 14.5. The fraction of sp³-hybridized carbons (Fsp3) is 0.280. The molecule has 2 aromatic carbocycles.